The maximum absolute atomic E-state index is 10.8. The molecule has 6 nitrogen and oxygen atoms in total. The average Bonchev–Trinajstić information content (AvgIpc) is 3.05. The van der Waals surface area contributed by atoms with E-state index in [2.05, 4.69) is 14.1 Å². The zero-order chi connectivity index (χ0) is 14.1. The van der Waals surface area contributed by atoms with Gasteiger partial charge in [-0.2, -0.15) is 8.75 Å². The molecule has 2 N–H and O–H groups in total. The fraction of sp³-hybridized carbons (Fsp3) is 0.417. The Labute approximate surface area is 124 Å². The molecule has 2 aromatic rings. The Hall–Kier alpha value is -1.44. The topological polar surface area (TPSA) is 84.3 Å². The monoisotopic (exact) mass is 313 g/mol. The summed E-state index contributed by atoms with van der Waals surface area (Å²) in [6, 6.07) is 3.59. The predicted molar refractivity (Wildman–Crippen MR) is 76.4 cm³/mol. The maximum atomic E-state index is 10.8. The highest BCUT2D eigenvalue weighted by Crippen LogP contribution is 2.30. The highest BCUT2D eigenvalue weighted by Gasteiger charge is 2.30. The van der Waals surface area contributed by atoms with E-state index >= 15 is 0 Å². The summed E-state index contributed by atoms with van der Waals surface area (Å²) in [6.07, 6.45) is 0.424. The average molecular weight is 314 g/mol. The lowest BCUT2D eigenvalue weighted by molar-refractivity contribution is -0.149. The number of nitrogens with one attached hydrogen (secondary N) is 1. The number of carbonyl (C=O) groups is 1. The van der Waals surface area contributed by atoms with Crippen LogP contribution in [0.3, 0.4) is 0 Å². The van der Waals surface area contributed by atoms with Gasteiger partial charge in [0.05, 0.1) is 28.5 Å². The Bertz CT molecular complexity index is 648. The van der Waals surface area contributed by atoms with Crippen LogP contribution in [0.1, 0.15) is 12.8 Å². The van der Waals surface area contributed by atoms with Crippen molar-refractivity contribution in [1.29, 1.82) is 0 Å². The van der Waals surface area contributed by atoms with E-state index in [-0.39, 0.29) is 6.10 Å². The van der Waals surface area contributed by atoms with Gasteiger partial charge in [-0.25, -0.2) is 4.79 Å². The minimum atomic E-state index is -0.906. The number of hydrogen-bond donors (Lipinski definition) is 2. The van der Waals surface area contributed by atoms with E-state index in [0.717, 1.165) is 28.4 Å². The lowest BCUT2D eigenvalue weighted by Crippen LogP contribution is -2.24. The third-order valence-corrected chi connectivity index (χ3v) is 4.12. The van der Waals surface area contributed by atoms with Crippen LogP contribution in [0.5, 0.6) is 0 Å². The Morgan fingerprint density at radius 1 is 1.50 bits per heavy atom. The van der Waals surface area contributed by atoms with Crippen molar-refractivity contribution in [2.75, 3.05) is 11.9 Å². The van der Waals surface area contributed by atoms with Gasteiger partial charge in [-0.3, -0.25) is 0 Å². The van der Waals surface area contributed by atoms with E-state index in [4.69, 9.17) is 21.4 Å². The first-order chi connectivity index (χ1) is 9.65. The van der Waals surface area contributed by atoms with Crippen molar-refractivity contribution in [2.24, 2.45) is 0 Å². The number of benzene rings is 1. The molecular weight excluding hydrogens is 302 g/mol. The molecular formula is C12H12ClN3O3S. The number of carboxylic acids is 1. The number of aliphatic carboxylic acids is 1. The van der Waals surface area contributed by atoms with Crippen LogP contribution < -0.4 is 5.32 Å². The van der Waals surface area contributed by atoms with E-state index in [0.29, 0.717) is 24.4 Å². The summed E-state index contributed by atoms with van der Waals surface area (Å²) in [5, 5.41) is 12.7. The zero-order valence-electron chi connectivity index (χ0n) is 10.4. The second-order valence-electron chi connectivity index (χ2n) is 4.60. The molecule has 1 aromatic carbocycles. The van der Waals surface area contributed by atoms with E-state index in [9.17, 15) is 4.79 Å². The summed E-state index contributed by atoms with van der Waals surface area (Å²) in [6.45, 7) is 0.500. The number of fused-ring (bicyclic) bond motifs is 1. The molecule has 8 heteroatoms. The highest BCUT2D eigenvalue weighted by atomic mass is 35.5. The van der Waals surface area contributed by atoms with Gasteiger partial charge < -0.3 is 15.2 Å². The van der Waals surface area contributed by atoms with Crippen LogP contribution in [0.25, 0.3) is 11.0 Å². The van der Waals surface area contributed by atoms with Crippen molar-refractivity contribution in [3.05, 3.63) is 17.2 Å². The van der Waals surface area contributed by atoms with Gasteiger partial charge in [0.15, 0.2) is 6.10 Å². The molecule has 1 aliphatic rings. The summed E-state index contributed by atoms with van der Waals surface area (Å²) in [4.78, 5) is 10.8. The van der Waals surface area contributed by atoms with Gasteiger partial charge in [0, 0.05) is 6.54 Å². The van der Waals surface area contributed by atoms with Crippen LogP contribution in [0, 0.1) is 0 Å². The minimum absolute atomic E-state index is 0.131. The van der Waals surface area contributed by atoms with E-state index in [1.165, 1.54) is 0 Å². The first-order valence-electron chi connectivity index (χ1n) is 6.18. The molecule has 1 aromatic heterocycles. The molecule has 106 valence electrons. The molecule has 20 heavy (non-hydrogen) atoms. The summed E-state index contributed by atoms with van der Waals surface area (Å²) >= 11 is 7.29. The van der Waals surface area contributed by atoms with Crippen LogP contribution >= 0.6 is 23.3 Å². The van der Waals surface area contributed by atoms with E-state index in [1.807, 2.05) is 6.07 Å². The molecule has 0 amide bonds. The third-order valence-electron chi connectivity index (χ3n) is 3.27. The van der Waals surface area contributed by atoms with Crippen molar-refractivity contribution in [3.63, 3.8) is 0 Å². The number of nitrogens with zero attached hydrogens (tertiary/aromatic N) is 2. The Kier molecular flexibility index (Phi) is 3.73. The van der Waals surface area contributed by atoms with Gasteiger partial charge in [-0.05, 0) is 25.0 Å². The van der Waals surface area contributed by atoms with Crippen LogP contribution in [0.2, 0.25) is 5.02 Å². The molecule has 1 saturated heterocycles. The molecule has 0 radical (unpaired) electrons. The van der Waals surface area contributed by atoms with Gasteiger partial charge in [0.1, 0.15) is 11.0 Å². The van der Waals surface area contributed by atoms with E-state index in [1.54, 1.807) is 6.07 Å². The van der Waals surface area contributed by atoms with Gasteiger partial charge in [0.2, 0.25) is 0 Å². The molecule has 2 heterocycles. The van der Waals surface area contributed by atoms with Gasteiger partial charge in [-0.15, -0.1) is 0 Å². The lowest BCUT2D eigenvalue weighted by atomic mass is 10.2. The first kappa shape index (κ1) is 13.5. The number of hydrogen-bond acceptors (Lipinski definition) is 6. The molecule has 0 aliphatic carbocycles. The zero-order valence-corrected chi connectivity index (χ0v) is 11.9. The number of halogens is 1. The quantitative estimate of drug-likeness (QED) is 0.901. The molecule has 3 rings (SSSR count). The molecule has 2 atom stereocenters. The van der Waals surface area contributed by atoms with Crippen molar-refractivity contribution in [3.8, 4) is 0 Å². The summed E-state index contributed by atoms with van der Waals surface area (Å²) in [5.74, 6) is -0.906. The van der Waals surface area contributed by atoms with Gasteiger partial charge >= 0.3 is 5.97 Å². The van der Waals surface area contributed by atoms with Gasteiger partial charge in [0.25, 0.3) is 0 Å². The number of ether oxygens (including phenoxy) is 1. The Morgan fingerprint density at radius 2 is 2.35 bits per heavy atom. The fourth-order valence-electron chi connectivity index (χ4n) is 2.25. The summed E-state index contributed by atoms with van der Waals surface area (Å²) < 4.78 is 13.8. The molecule has 1 aliphatic heterocycles. The molecule has 0 spiro atoms. The highest BCUT2D eigenvalue weighted by molar-refractivity contribution is 7.00. The molecule has 0 saturated carbocycles. The number of anilines is 1. The maximum Gasteiger partial charge on any atom is 0.332 e. The SMILES string of the molecule is O=C(O)C1CCC(CNc2c(Cl)ccc3nsnc23)O1. The standard InChI is InChI=1S/C12H12ClN3O3S/c13-7-2-3-8-11(16-20-15-8)10(7)14-5-6-1-4-9(19-6)12(17)18/h2-3,6,9,14H,1,4-5H2,(H,17,18). The number of rotatable bonds is 4. The first-order valence-corrected chi connectivity index (χ1v) is 7.29. The van der Waals surface area contributed by atoms with Crippen molar-refractivity contribution < 1.29 is 14.6 Å². The Balaban J connectivity index is 1.70. The van der Waals surface area contributed by atoms with Crippen LogP contribution in [-0.2, 0) is 9.53 Å². The summed E-state index contributed by atoms with van der Waals surface area (Å²) in [7, 11) is 0. The van der Waals surface area contributed by atoms with Crippen molar-refractivity contribution >= 4 is 46.0 Å². The van der Waals surface area contributed by atoms with Crippen molar-refractivity contribution in [2.45, 2.75) is 25.0 Å². The van der Waals surface area contributed by atoms with E-state index < -0.39 is 12.1 Å². The van der Waals surface area contributed by atoms with Crippen LogP contribution in [0.15, 0.2) is 12.1 Å². The third kappa shape index (κ3) is 2.56. The predicted octanol–water partition coefficient (Wildman–Crippen LogP) is 2.39. The second kappa shape index (κ2) is 5.51. The molecule has 2 unspecified atom stereocenters. The Morgan fingerprint density at radius 3 is 3.10 bits per heavy atom. The number of carboxylic acid groups (broad SMARTS) is 1. The van der Waals surface area contributed by atoms with Crippen molar-refractivity contribution in [1.82, 2.24) is 8.75 Å². The minimum Gasteiger partial charge on any atom is -0.479 e. The van der Waals surface area contributed by atoms with Crippen LogP contribution in [0.4, 0.5) is 5.69 Å². The largest absolute Gasteiger partial charge is 0.479 e. The summed E-state index contributed by atoms with van der Waals surface area (Å²) in [5.41, 5.74) is 2.24. The second-order valence-corrected chi connectivity index (χ2v) is 5.53. The fourth-order valence-corrected chi connectivity index (χ4v) is 3.01. The smallest absolute Gasteiger partial charge is 0.332 e. The molecule has 1 fully saturated rings. The van der Waals surface area contributed by atoms with Crippen LogP contribution in [-0.4, -0.2) is 38.6 Å². The van der Waals surface area contributed by atoms with Gasteiger partial charge in [-0.1, -0.05) is 11.6 Å². The normalized spacial score (nSPS) is 22.2. The molecule has 0 bridgehead atoms. The lowest BCUT2D eigenvalue weighted by Gasteiger charge is -2.14. The number of aromatic nitrogens is 2.